The maximum absolute atomic E-state index is 12.5. The van der Waals surface area contributed by atoms with Gasteiger partial charge in [-0.15, -0.1) is 0 Å². The number of carbonyl (C=O) groups is 2. The first-order valence-electron chi connectivity index (χ1n) is 8.94. The lowest BCUT2D eigenvalue weighted by Gasteiger charge is -2.40. The molecule has 6 nitrogen and oxygen atoms in total. The van der Waals surface area contributed by atoms with Crippen LogP contribution in [0.5, 0.6) is 0 Å². The summed E-state index contributed by atoms with van der Waals surface area (Å²) in [5.41, 5.74) is 0.294. The first-order valence-corrected chi connectivity index (χ1v) is 8.94. The molecule has 0 unspecified atom stereocenters. The van der Waals surface area contributed by atoms with Crippen LogP contribution in [0.15, 0.2) is 30.3 Å². The second-order valence-corrected chi connectivity index (χ2v) is 6.75. The Morgan fingerprint density at radius 2 is 2.00 bits per heavy atom. The standard InChI is InChI=1S/C19H26N2O4/c1-24-17(22)19(15-6-3-2-4-7-15)9-11-21(12-10-19)18(23)20-14-16-8-5-13-25-16/h2-4,6-7,16H,5,8-14H2,1H3,(H,20,23)/t16-/m0/s1. The fourth-order valence-corrected chi connectivity index (χ4v) is 3.77. The molecule has 0 aliphatic carbocycles. The van der Waals surface area contributed by atoms with Gasteiger partial charge in [0, 0.05) is 26.2 Å². The van der Waals surface area contributed by atoms with Crippen molar-refractivity contribution >= 4 is 12.0 Å². The van der Waals surface area contributed by atoms with Crippen LogP contribution >= 0.6 is 0 Å². The monoisotopic (exact) mass is 346 g/mol. The molecule has 0 radical (unpaired) electrons. The van der Waals surface area contributed by atoms with E-state index in [4.69, 9.17) is 9.47 Å². The summed E-state index contributed by atoms with van der Waals surface area (Å²) in [6.45, 7) is 2.39. The predicted octanol–water partition coefficient (Wildman–Crippen LogP) is 2.08. The summed E-state index contributed by atoms with van der Waals surface area (Å²) in [6.07, 6.45) is 3.32. The van der Waals surface area contributed by atoms with Crippen LogP contribution in [0.2, 0.25) is 0 Å². The molecule has 2 aliphatic rings. The largest absolute Gasteiger partial charge is 0.468 e. The van der Waals surface area contributed by atoms with Gasteiger partial charge >= 0.3 is 12.0 Å². The van der Waals surface area contributed by atoms with E-state index >= 15 is 0 Å². The highest BCUT2D eigenvalue weighted by atomic mass is 16.5. The molecule has 1 N–H and O–H groups in total. The van der Waals surface area contributed by atoms with Gasteiger partial charge in [0.15, 0.2) is 0 Å². The van der Waals surface area contributed by atoms with Gasteiger partial charge in [0.05, 0.1) is 18.6 Å². The van der Waals surface area contributed by atoms with E-state index in [-0.39, 0.29) is 18.1 Å². The Morgan fingerprint density at radius 3 is 2.60 bits per heavy atom. The summed E-state index contributed by atoms with van der Waals surface area (Å²) in [4.78, 5) is 26.7. The van der Waals surface area contributed by atoms with Crippen LogP contribution in [0.1, 0.15) is 31.2 Å². The minimum Gasteiger partial charge on any atom is -0.468 e. The van der Waals surface area contributed by atoms with Crippen molar-refractivity contribution in [2.24, 2.45) is 0 Å². The summed E-state index contributed by atoms with van der Waals surface area (Å²) in [5.74, 6) is -0.224. The molecule has 3 rings (SSSR count). The molecule has 6 heteroatoms. The fourth-order valence-electron chi connectivity index (χ4n) is 3.77. The second kappa shape index (κ2) is 7.87. The summed E-state index contributed by atoms with van der Waals surface area (Å²) in [7, 11) is 1.42. The average Bonchev–Trinajstić information content (AvgIpc) is 3.20. The summed E-state index contributed by atoms with van der Waals surface area (Å²) < 4.78 is 10.6. The third kappa shape index (κ3) is 3.79. The third-order valence-corrected chi connectivity index (χ3v) is 5.31. The molecule has 1 aromatic rings. The van der Waals surface area contributed by atoms with Crippen LogP contribution in [-0.4, -0.2) is 56.4 Å². The first-order chi connectivity index (χ1) is 12.2. The molecule has 25 heavy (non-hydrogen) atoms. The Kier molecular flexibility index (Phi) is 5.58. The predicted molar refractivity (Wildman–Crippen MR) is 93.3 cm³/mol. The smallest absolute Gasteiger partial charge is 0.317 e. The molecule has 2 aliphatic heterocycles. The minimum atomic E-state index is -0.665. The van der Waals surface area contributed by atoms with Gasteiger partial charge in [0.2, 0.25) is 0 Å². The Bertz CT molecular complexity index is 591. The van der Waals surface area contributed by atoms with Crippen LogP contribution in [0.25, 0.3) is 0 Å². The number of nitrogens with one attached hydrogen (secondary N) is 1. The molecular weight excluding hydrogens is 320 g/mol. The van der Waals surface area contributed by atoms with Gasteiger partial charge in [0.25, 0.3) is 0 Å². The zero-order chi connectivity index (χ0) is 17.7. The molecule has 2 heterocycles. The number of ether oxygens (including phenoxy) is 2. The number of benzene rings is 1. The quantitative estimate of drug-likeness (QED) is 0.848. The van der Waals surface area contributed by atoms with Crippen molar-refractivity contribution < 1.29 is 19.1 Å². The van der Waals surface area contributed by atoms with Crippen molar-refractivity contribution in [3.8, 4) is 0 Å². The van der Waals surface area contributed by atoms with Gasteiger partial charge in [-0.1, -0.05) is 30.3 Å². The van der Waals surface area contributed by atoms with Crippen molar-refractivity contribution in [3.05, 3.63) is 35.9 Å². The Balaban J connectivity index is 1.61. The van der Waals surface area contributed by atoms with E-state index in [1.807, 2.05) is 30.3 Å². The van der Waals surface area contributed by atoms with Gasteiger partial charge in [-0.05, 0) is 31.2 Å². The molecule has 1 aromatic carbocycles. The fraction of sp³-hybridized carbons (Fsp3) is 0.579. The summed E-state index contributed by atoms with van der Waals surface area (Å²) in [6, 6.07) is 9.64. The summed E-state index contributed by atoms with van der Waals surface area (Å²) >= 11 is 0. The van der Waals surface area contributed by atoms with Crippen molar-refractivity contribution in [1.82, 2.24) is 10.2 Å². The van der Waals surface area contributed by atoms with Gasteiger partial charge in [-0.3, -0.25) is 4.79 Å². The average molecular weight is 346 g/mol. The molecule has 0 bridgehead atoms. The number of piperidine rings is 1. The van der Waals surface area contributed by atoms with Gasteiger partial charge in [-0.2, -0.15) is 0 Å². The Hall–Kier alpha value is -2.08. The van der Waals surface area contributed by atoms with E-state index in [0.29, 0.717) is 32.5 Å². The number of hydrogen-bond donors (Lipinski definition) is 1. The number of carbonyl (C=O) groups excluding carboxylic acids is 2. The number of amides is 2. The third-order valence-electron chi connectivity index (χ3n) is 5.31. The van der Waals surface area contributed by atoms with Crippen molar-refractivity contribution in [2.45, 2.75) is 37.2 Å². The Morgan fingerprint density at radius 1 is 1.28 bits per heavy atom. The number of likely N-dealkylation sites (tertiary alicyclic amines) is 1. The van der Waals surface area contributed by atoms with Gasteiger partial charge < -0.3 is 19.7 Å². The molecule has 0 aromatic heterocycles. The van der Waals surface area contributed by atoms with Gasteiger partial charge in [-0.25, -0.2) is 4.79 Å². The van der Waals surface area contributed by atoms with Crippen LogP contribution in [0.3, 0.4) is 0 Å². The number of rotatable bonds is 4. The van der Waals surface area contributed by atoms with Crippen molar-refractivity contribution in [3.63, 3.8) is 0 Å². The number of nitrogens with zero attached hydrogens (tertiary/aromatic N) is 1. The van der Waals surface area contributed by atoms with Crippen LogP contribution in [-0.2, 0) is 19.7 Å². The number of urea groups is 1. The molecule has 136 valence electrons. The normalized spacial score (nSPS) is 22.4. The van der Waals surface area contributed by atoms with Crippen molar-refractivity contribution in [2.75, 3.05) is 33.4 Å². The van der Waals surface area contributed by atoms with Crippen LogP contribution < -0.4 is 5.32 Å². The number of methoxy groups -OCH3 is 1. The van der Waals surface area contributed by atoms with E-state index in [1.54, 1.807) is 4.90 Å². The molecule has 1 atom stereocenters. The molecule has 2 amide bonds. The lowest BCUT2D eigenvalue weighted by molar-refractivity contribution is -0.149. The van der Waals surface area contributed by atoms with E-state index < -0.39 is 5.41 Å². The molecule has 2 fully saturated rings. The highest BCUT2D eigenvalue weighted by Crippen LogP contribution is 2.36. The maximum Gasteiger partial charge on any atom is 0.317 e. The lowest BCUT2D eigenvalue weighted by atomic mass is 9.73. The van der Waals surface area contributed by atoms with Crippen LogP contribution in [0.4, 0.5) is 4.79 Å². The zero-order valence-electron chi connectivity index (χ0n) is 14.7. The topological polar surface area (TPSA) is 67.9 Å². The lowest BCUT2D eigenvalue weighted by Crippen LogP contribution is -2.52. The molecule has 2 saturated heterocycles. The van der Waals surface area contributed by atoms with Crippen molar-refractivity contribution in [1.29, 1.82) is 0 Å². The zero-order valence-corrected chi connectivity index (χ0v) is 14.7. The van der Waals surface area contributed by atoms with E-state index in [9.17, 15) is 9.59 Å². The first kappa shape index (κ1) is 17.7. The highest BCUT2D eigenvalue weighted by molar-refractivity contribution is 5.84. The van der Waals surface area contributed by atoms with E-state index in [1.165, 1.54) is 7.11 Å². The molecule has 0 spiro atoms. The number of hydrogen-bond acceptors (Lipinski definition) is 4. The maximum atomic E-state index is 12.5. The highest BCUT2D eigenvalue weighted by Gasteiger charge is 2.44. The second-order valence-electron chi connectivity index (χ2n) is 6.75. The summed E-state index contributed by atoms with van der Waals surface area (Å²) in [5, 5.41) is 2.95. The molecule has 0 saturated carbocycles. The number of esters is 1. The van der Waals surface area contributed by atoms with E-state index in [2.05, 4.69) is 5.32 Å². The van der Waals surface area contributed by atoms with Gasteiger partial charge in [0.1, 0.15) is 0 Å². The SMILES string of the molecule is COC(=O)C1(c2ccccc2)CCN(C(=O)NC[C@@H]2CCCO2)CC1. The van der Waals surface area contributed by atoms with Crippen LogP contribution in [0, 0.1) is 0 Å². The Labute approximate surface area is 148 Å². The minimum absolute atomic E-state index is 0.0815. The van der Waals surface area contributed by atoms with E-state index in [0.717, 1.165) is 25.0 Å². The molecular formula is C19H26N2O4.